The van der Waals surface area contributed by atoms with E-state index in [2.05, 4.69) is 14.8 Å². The molecule has 0 bridgehead atoms. The van der Waals surface area contributed by atoms with Gasteiger partial charge in [0, 0.05) is 55.1 Å². The van der Waals surface area contributed by atoms with Gasteiger partial charge in [-0.3, -0.25) is 4.68 Å². The quantitative estimate of drug-likeness (QED) is 0.528. The number of hydrogen-bond acceptors (Lipinski definition) is 7. The van der Waals surface area contributed by atoms with E-state index < -0.39 is 27.2 Å². The van der Waals surface area contributed by atoms with Crippen LogP contribution < -0.4 is 4.72 Å². The van der Waals surface area contributed by atoms with Crippen LogP contribution in [0.5, 0.6) is 0 Å². The van der Waals surface area contributed by atoms with Gasteiger partial charge >= 0.3 is 0 Å². The highest BCUT2D eigenvalue weighted by molar-refractivity contribution is 7.90. The maximum atomic E-state index is 14.4. The largest absolute Gasteiger partial charge is 0.326 e. The first-order valence-electron chi connectivity index (χ1n) is 11.6. The monoisotopic (exact) mass is 530 g/mol. The summed E-state index contributed by atoms with van der Waals surface area (Å²) in [6, 6.07) is 5.27. The van der Waals surface area contributed by atoms with Gasteiger partial charge in [0.05, 0.1) is 10.9 Å². The van der Waals surface area contributed by atoms with E-state index in [0.717, 1.165) is 17.3 Å². The minimum atomic E-state index is -3.42. The Labute approximate surface area is 211 Å². The lowest BCUT2D eigenvalue weighted by atomic mass is 9.80. The van der Waals surface area contributed by atoms with E-state index in [-0.39, 0.29) is 11.3 Å². The lowest BCUT2D eigenvalue weighted by Crippen LogP contribution is -2.42. The summed E-state index contributed by atoms with van der Waals surface area (Å²) < 4.78 is 58.4. The average molecular weight is 531 g/mol. The fourth-order valence-electron chi connectivity index (χ4n) is 5.04. The van der Waals surface area contributed by atoms with Crippen LogP contribution in [0, 0.1) is 11.6 Å². The fourth-order valence-corrected chi connectivity index (χ4v) is 7.24. The van der Waals surface area contributed by atoms with Crippen molar-refractivity contribution in [3.8, 4) is 0 Å². The van der Waals surface area contributed by atoms with Crippen molar-refractivity contribution >= 4 is 32.8 Å². The Kier molecular flexibility index (Phi) is 5.39. The van der Waals surface area contributed by atoms with Crippen LogP contribution in [0.25, 0.3) is 5.57 Å². The molecular formula is C24H24F2N6O2S2. The lowest BCUT2D eigenvalue weighted by Gasteiger charge is -2.38. The van der Waals surface area contributed by atoms with Crippen LogP contribution in [0.3, 0.4) is 0 Å². The zero-order valence-corrected chi connectivity index (χ0v) is 21.3. The molecule has 1 N–H and O–H groups in total. The molecule has 4 heterocycles. The maximum absolute atomic E-state index is 14.4. The molecule has 1 saturated heterocycles. The molecule has 2 atom stereocenters. The summed E-state index contributed by atoms with van der Waals surface area (Å²) in [5.74, 6) is -1.33. The first-order valence-corrected chi connectivity index (χ1v) is 14.1. The molecule has 1 saturated carbocycles. The Morgan fingerprint density at radius 1 is 1.19 bits per heavy atom. The number of benzene rings is 1. The molecule has 188 valence electrons. The van der Waals surface area contributed by atoms with Crippen molar-refractivity contribution < 1.29 is 17.2 Å². The highest BCUT2D eigenvalue weighted by atomic mass is 32.2. The van der Waals surface area contributed by atoms with Gasteiger partial charge in [-0.05, 0) is 43.5 Å². The number of amidine groups is 1. The summed E-state index contributed by atoms with van der Waals surface area (Å²) in [5.41, 5.74) is 1.54. The number of sulfonamides is 1. The molecule has 8 nitrogen and oxygen atoms in total. The van der Waals surface area contributed by atoms with Crippen LogP contribution in [0.2, 0.25) is 0 Å². The Balaban J connectivity index is 1.55. The number of aliphatic imine (C=N–C) groups is 1. The summed E-state index contributed by atoms with van der Waals surface area (Å²) in [6.45, 7) is 2.23. The molecule has 3 aliphatic rings. The predicted molar refractivity (Wildman–Crippen MR) is 133 cm³/mol. The first-order chi connectivity index (χ1) is 17.2. The van der Waals surface area contributed by atoms with Crippen LogP contribution in [0.1, 0.15) is 42.5 Å². The summed E-state index contributed by atoms with van der Waals surface area (Å²) >= 11 is 1.41. The molecular weight excluding hydrogens is 506 g/mol. The van der Waals surface area contributed by atoms with Gasteiger partial charge in [0.15, 0.2) is 22.5 Å². The molecule has 2 aromatic heterocycles. The topological polar surface area (TPSA) is 92.5 Å². The number of fused-ring (bicyclic) bond motifs is 1. The fraction of sp³-hybridized carbons (Fsp3) is 0.375. The Morgan fingerprint density at radius 2 is 2.00 bits per heavy atom. The third-order valence-electron chi connectivity index (χ3n) is 6.90. The molecule has 2 fully saturated rings. The molecule has 1 aliphatic carbocycles. The third kappa shape index (κ3) is 3.87. The highest BCUT2D eigenvalue weighted by Crippen LogP contribution is 2.48. The van der Waals surface area contributed by atoms with Gasteiger partial charge in [0.1, 0.15) is 5.54 Å². The average Bonchev–Trinajstić information content (AvgIpc) is 3.20. The number of thiazole rings is 1. The normalized spacial score (nSPS) is 24.3. The Morgan fingerprint density at radius 3 is 2.64 bits per heavy atom. The van der Waals surface area contributed by atoms with E-state index in [9.17, 15) is 17.2 Å². The smallest absolute Gasteiger partial charge is 0.214 e. The molecule has 6 rings (SSSR count). The van der Waals surface area contributed by atoms with Crippen molar-refractivity contribution in [3.63, 3.8) is 0 Å². The van der Waals surface area contributed by atoms with Crippen molar-refractivity contribution in [2.24, 2.45) is 12.0 Å². The second kappa shape index (κ2) is 8.29. The van der Waals surface area contributed by atoms with E-state index in [1.165, 1.54) is 23.5 Å². The SMILES string of the molecule is Cn1ccc(C2=C3C[C@H](NS(=O)(=O)C4CC4)CN3C(c3nccs3)=N[C@@]2(C)c2ccc(F)c(F)c2)n1. The summed E-state index contributed by atoms with van der Waals surface area (Å²) in [7, 11) is -1.62. The van der Waals surface area contributed by atoms with Gasteiger partial charge in [-0.25, -0.2) is 31.9 Å². The Hall–Kier alpha value is -2.96. The molecule has 0 unspecified atom stereocenters. The second-order valence-electron chi connectivity index (χ2n) is 9.54. The predicted octanol–water partition coefficient (Wildman–Crippen LogP) is 3.40. The van der Waals surface area contributed by atoms with Crippen molar-refractivity contribution in [2.45, 2.75) is 43.0 Å². The van der Waals surface area contributed by atoms with E-state index in [1.807, 2.05) is 23.3 Å². The minimum absolute atomic E-state index is 0.334. The van der Waals surface area contributed by atoms with Gasteiger partial charge < -0.3 is 4.90 Å². The van der Waals surface area contributed by atoms with E-state index in [4.69, 9.17) is 4.99 Å². The number of rotatable bonds is 6. The summed E-state index contributed by atoms with van der Waals surface area (Å²) in [6.07, 6.45) is 5.24. The maximum Gasteiger partial charge on any atom is 0.214 e. The van der Waals surface area contributed by atoms with Crippen LogP contribution in [0.15, 0.2) is 52.7 Å². The third-order valence-corrected chi connectivity index (χ3v) is 9.68. The molecule has 0 radical (unpaired) electrons. The number of hydrogen-bond donors (Lipinski definition) is 1. The van der Waals surface area contributed by atoms with Crippen LogP contribution in [-0.2, 0) is 22.6 Å². The lowest BCUT2D eigenvalue weighted by molar-refractivity contribution is 0.489. The van der Waals surface area contributed by atoms with Crippen LogP contribution in [0.4, 0.5) is 8.78 Å². The van der Waals surface area contributed by atoms with Gasteiger partial charge in [-0.1, -0.05) is 6.07 Å². The van der Waals surface area contributed by atoms with Crippen molar-refractivity contribution in [1.29, 1.82) is 0 Å². The van der Waals surface area contributed by atoms with Gasteiger partial charge in [0.25, 0.3) is 0 Å². The van der Waals surface area contributed by atoms with Gasteiger partial charge in [-0.15, -0.1) is 11.3 Å². The molecule has 12 heteroatoms. The zero-order valence-electron chi connectivity index (χ0n) is 19.6. The van der Waals surface area contributed by atoms with E-state index >= 15 is 0 Å². The molecule has 36 heavy (non-hydrogen) atoms. The number of nitrogens with zero attached hydrogens (tertiary/aromatic N) is 5. The first kappa shape index (κ1) is 23.4. The second-order valence-corrected chi connectivity index (χ2v) is 12.4. The number of nitrogens with one attached hydrogen (secondary N) is 1. The molecule has 3 aromatic rings. The molecule has 2 aliphatic heterocycles. The van der Waals surface area contributed by atoms with Crippen LogP contribution >= 0.6 is 11.3 Å². The highest BCUT2D eigenvalue weighted by Gasteiger charge is 2.47. The summed E-state index contributed by atoms with van der Waals surface area (Å²) in [4.78, 5) is 11.6. The molecule has 0 spiro atoms. The zero-order chi connectivity index (χ0) is 25.2. The van der Waals surface area contributed by atoms with Gasteiger partial charge in [0.2, 0.25) is 10.0 Å². The van der Waals surface area contributed by atoms with Gasteiger partial charge in [-0.2, -0.15) is 5.10 Å². The van der Waals surface area contributed by atoms with Crippen molar-refractivity contribution in [2.75, 3.05) is 6.54 Å². The van der Waals surface area contributed by atoms with E-state index in [1.54, 1.807) is 24.1 Å². The minimum Gasteiger partial charge on any atom is -0.326 e. The molecule has 1 aromatic carbocycles. The standard InChI is InChI=1S/C24H24F2N6O2S2/c1-24(14-3-6-17(25)18(26)11-14)21(19-7-9-31(2)29-19)20-12-15(30-36(33,34)16-4-5-16)13-32(20)22(28-24)23-27-8-10-35-23/h3,6-11,15-16,30H,4-5,12-13H2,1-2H3/t15-,24-/m0/s1. The number of halogens is 2. The van der Waals surface area contributed by atoms with E-state index in [0.29, 0.717) is 47.9 Å². The van der Waals surface area contributed by atoms with Crippen molar-refractivity contribution in [3.05, 3.63) is 75.6 Å². The Bertz CT molecular complexity index is 1510. The molecule has 0 amide bonds. The number of aryl methyl sites for hydroxylation is 1. The summed E-state index contributed by atoms with van der Waals surface area (Å²) in [5, 5.41) is 6.79. The van der Waals surface area contributed by atoms with Crippen LogP contribution in [-0.4, -0.2) is 51.8 Å². The van der Waals surface area contributed by atoms with Crippen molar-refractivity contribution in [1.82, 2.24) is 24.4 Å². The number of aromatic nitrogens is 3.